The first-order chi connectivity index (χ1) is 12.6. The van der Waals surface area contributed by atoms with Gasteiger partial charge < -0.3 is 20.3 Å². The molecule has 2 aromatic rings. The fraction of sp³-hybridized carbons (Fsp3) is 0.350. The summed E-state index contributed by atoms with van der Waals surface area (Å²) in [4.78, 5) is 16.9. The molecule has 1 saturated heterocycles. The van der Waals surface area contributed by atoms with E-state index < -0.39 is 0 Å². The number of rotatable bonds is 5. The molecular formula is C20H26N4O2. The number of hydrogen-bond acceptors (Lipinski definition) is 4. The van der Waals surface area contributed by atoms with E-state index in [2.05, 4.69) is 39.6 Å². The summed E-state index contributed by atoms with van der Waals surface area (Å²) in [6, 6.07) is 15.0. The molecule has 3 rings (SSSR count). The van der Waals surface area contributed by atoms with Gasteiger partial charge >= 0.3 is 6.03 Å². The zero-order valence-electron chi connectivity index (χ0n) is 15.4. The van der Waals surface area contributed by atoms with Crippen molar-refractivity contribution >= 4 is 17.4 Å². The highest BCUT2D eigenvalue weighted by Gasteiger charge is 2.13. The lowest BCUT2D eigenvalue weighted by Crippen LogP contribution is -2.43. The third-order valence-electron chi connectivity index (χ3n) is 4.54. The van der Waals surface area contributed by atoms with Crippen molar-refractivity contribution in [3.05, 3.63) is 54.1 Å². The molecule has 0 saturated carbocycles. The zero-order chi connectivity index (χ0) is 18.4. The highest BCUT2D eigenvalue weighted by molar-refractivity contribution is 5.99. The number of benzene rings is 2. The van der Waals surface area contributed by atoms with Gasteiger partial charge in [-0.3, -0.25) is 4.90 Å². The van der Waals surface area contributed by atoms with Crippen molar-refractivity contribution in [1.29, 1.82) is 0 Å². The number of urea groups is 1. The molecule has 0 atom stereocenters. The normalized spacial score (nSPS) is 15.5. The number of nitrogens with one attached hydrogen (secondary N) is 2. The van der Waals surface area contributed by atoms with Crippen LogP contribution in [0.3, 0.4) is 0 Å². The van der Waals surface area contributed by atoms with Crippen LogP contribution < -0.4 is 15.4 Å². The minimum atomic E-state index is -0.273. The largest absolute Gasteiger partial charge is 0.497 e. The molecule has 2 amide bonds. The van der Waals surface area contributed by atoms with Crippen LogP contribution in [0.2, 0.25) is 0 Å². The number of likely N-dealkylation sites (N-methyl/N-ethyl adjacent to an activating group) is 1. The maximum Gasteiger partial charge on any atom is 0.323 e. The summed E-state index contributed by atoms with van der Waals surface area (Å²) in [6.07, 6.45) is 0. The molecule has 2 N–H and O–H groups in total. The van der Waals surface area contributed by atoms with E-state index in [1.807, 2.05) is 30.3 Å². The second-order valence-electron chi connectivity index (χ2n) is 6.59. The number of hydrogen-bond donors (Lipinski definition) is 2. The number of amides is 2. The molecule has 1 heterocycles. The third kappa shape index (κ3) is 5.21. The molecule has 1 aliphatic heterocycles. The molecule has 138 valence electrons. The van der Waals surface area contributed by atoms with Crippen LogP contribution in [0.1, 0.15) is 5.56 Å². The SMILES string of the molecule is COc1cccc(NC(=O)Nc2ccc(CN3CCN(C)CC3)cc2)c1. The van der Waals surface area contributed by atoms with Crippen LogP contribution in [0, 0.1) is 0 Å². The van der Waals surface area contributed by atoms with Gasteiger partial charge in [-0.1, -0.05) is 18.2 Å². The number of carbonyl (C=O) groups is 1. The highest BCUT2D eigenvalue weighted by Crippen LogP contribution is 2.17. The van der Waals surface area contributed by atoms with Crippen molar-refractivity contribution in [2.24, 2.45) is 0 Å². The Morgan fingerprint density at radius 1 is 1.00 bits per heavy atom. The fourth-order valence-electron chi connectivity index (χ4n) is 2.95. The molecule has 0 radical (unpaired) electrons. The maximum absolute atomic E-state index is 12.1. The molecule has 0 aromatic heterocycles. The quantitative estimate of drug-likeness (QED) is 0.866. The average molecular weight is 354 g/mol. The first kappa shape index (κ1) is 18.2. The van der Waals surface area contributed by atoms with Crippen LogP contribution in [0.5, 0.6) is 5.75 Å². The molecule has 26 heavy (non-hydrogen) atoms. The van der Waals surface area contributed by atoms with E-state index in [-0.39, 0.29) is 6.03 Å². The highest BCUT2D eigenvalue weighted by atomic mass is 16.5. The van der Waals surface area contributed by atoms with Gasteiger partial charge in [-0.2, -0.15) is 0 Å². The predicted molar refractivity (Wildman–Crippen MR) is 105 cm³/mol. The Hall–Kier alpha value is -2.57. The van der Waals surface area contributed by atoms with Gasteiger partial charge in [-0.05, 0) is 36.9 Å². The third-order valence-corrected chi connectivity index (χ3v) is 4.54. The number of ether oxygens (including phenoxy) is 1. The summed E-state index contributed by atoms with van der Waals surface area (Å²) < 4.78 is 5.16. The molecule has 6 nitrogen and oxygen atoms in total. The Bertz CT molecular complexity index is 725. The molecular weight excluding hydrogens is 328 g/mol. The van der Waals surface area contributed by atoms with E-state index in [4.69, 9.17) is 4.74 Å². The van der Waals surface area contributed by atoms with Gasteiger partial charge in [0, 0.05) is 50.2 Å². The summed E-state index contributed by atoms with van der Waals surface area (Å²) in [6.45, 7) is 5.37. The molecule has 1 fully saturated rings. The Labute approximate surface area is 154 Å². The summed E-state index contributed by atoms with van der Waals surface area (Å²) in [5, 5.41) is 5.66. The average Bonchev–Trinajstić information content (AvgIpc) is 2.65. The van der Waals surface area contributed by atoms with Gasteiger partial charge in [0.05, 0.1) is 7.11 Å². The second-order valence-corrected chi connectivity index (χ2v) is 6.59. The molecule has 0 bridgehead atoms. The Morgan fingerprint density at radius 3 is 2.38 bits per heavy atom. The van der Waals surface area contributed by atoms with Crippen LogP contribution in [0.4, 0.5) is 16.2 Å². The van der Waals surface area contributed by atoms with E-state index in [0.717, 1.165) is 38.4 Å². The minimum absolute atomic E-state index is 0.273. The van der Waals surface area contributed by atoms with Gasteiger partial charge in [0.2, 0.25) is 0 Å². The summed E-state index contributed by atoms with van der Waals surface area (Å²) in [7, 11) is 3.76. The van der Waals surface area contributed by atoms with Crippen LogP contribution in [0.15, 0.2) is 48.5 Å². The van der Waals surface area contributed by atoms with E-state index in [9.17, 15) is 4.79 Å². The van der Waals surface area contributed by atoms with Crippen molar-refractivity contribution < 1.29 is 9.53 Å². The Kier molecular flexibility index (Phi) is 6.09. The lowest BCUT2D eigenvalue weighted by Gasteiger charge is -2.32. The standard InChI is InChI=1S/C20H26N4O2/c1-23-10-12-24(13-11-23)15-16-6-8-17(9-7-16)21-20(25)22-18-4-3-5-19(14-18)26-2/h3-9,14H,10-13,15H2,1-2H3,(H2,21,22,25). The van der Waals surface area contributed by atoms with Gasteiger partial charge in [0.1, 0.15) is 5.75 Å². The number of piperazine rings is 1. The Morgan fingerprint density at radius 2 is 1.69 bits per heavy atom. The van der Waals surface area contributed by atoms with Crippen molar-refractivity contribution in [3.63, 3.8) is 0 Å². The van der Waals surface area contributed by atoms with E-state index in [1.54, 1.807) is 13.2 Å². The molecule has 0 aliphatic carbocycles. The summed E-state index contributed by atoms with van der Waals surface area (Å²) in [5.74, 6) is 0.705. The van der Waals surface area contributed by atoms with Gasteiger partial charge in [0.15, 0.2) is 0 Å². The van der Waals surface area contributed by atoms with Crippen LogP contribution >= 0.6 is 0 Å². The van der Waals surface area contributed by atoms with Crippen LogP contribution in [-0.4, -0.2) is 56.2 Å². The van der Waals surface area contributed by atoms with E-state index in [0.29, 0.717) is 11.4 Å². The van der Waals surface area contributed by atoms with Gasteiger partial charge in [-0.15, -0.1) is 0 Å². The maximum atomic E-state index is 12.1. The first-order valence-electron chi connectivity index (χ1n) is 8.84. The minimum Gasteiger partial charge on any atom is -0.497 e. The number of carbonyl (C=O) groups excluding carboxylic acids is 1. The predicted octanol–water partition coefficient (Wildman–Crippen LogP) is 3.09. The smallest absolute Gasteiger partial charge is 0.323 e. The van der Waals surface area contributed by atoms with E-state index >= 15 is 0 Å². The summed E-state index contributed by atoms with van der Waals surface area (Å²) in [5.41, 5.74) is 2.72. The molecule has 0 spiro atoms. The fourth-order valence-corrected chi connectivity index (χ4v) is 2.95. The zero-order valence-corrected chi connectivity index (χ0v) is 15.4. The van der Waals surface area contributed by atoms with Gasteiger partial charge in [0.25, 0.3) is 0 Å². The lowest BCUT2D eigenvalue weighted by molar-refractivity contribution is 0.148. The number of methoxy groups -OCH3 is 1. The molecule has 0 unspecified atom stereocenters. The topological polar surface area (TPSA) is 56.8 Å². The van der Waals surface area contributed by atoms with Crippen LogP contribution in [0.25, 0.3) is 0 Å². The van der Waals surface area contributed by atoms with E-state index in [1.165, 1.54) is 5.56 Å². The molecule has 1 aliphatic rings. The molecule has 6 heteroatoms. The monoisotopic (exact) mass is 354 g/mol. The Balaban J connectivity index is 1.51. The number of nitrogens with zero attached hydrogens (tertiary/aromatic N) is 2. The number of anilines is 2. The van der Waals surface area contributed by atoms with Gasteiger partial charge in [-0.25, -0.2) is 4.79 Å². The van der Waals surface area contributed by atoms with Crippen molar-refractivity contribution in [1.82, 2.24) is 9.80 Å². The molecule has 2 aromatic carbocycles. The summed E-state index contributed by atoms with van der Waals surface area (Å²) >= 11 is 0. The van der Waals surface area contributed by atoms with Crippen molar-refractivity contribution in [3.8, 4) is 5.75 Å². The first-order valence-corrected chi connectivity index (χ1v) is 8.84. The van der Waals surface area contributed by atoms with Crippen molar-refractivity contribution in [2.75, 3.05) is 51.0 Å². The lowest BCUT2D eigenvalue weighted by atomic mass is 10.2. The second kappa shape index (κ2) is 8.69. The van der Waals surface area contributed by atoms with Crippen LogP contribution in [-0.2, 0) is 6.54 Å². The van der Waals surface area contributed by atoms with Crippen molar-refractivity contribution in [2.45, 2.75) is 6.54 Å².